The number of hydrogen-bond acceptors (Lipinski definition) is 5. The van der Waals surface area contributed by atoms with Gasteiger partial charge < -0.3 is 24.6 Å². The molecule has 3 aliphatic heterocycles. The van der Waals surface area contributed by atoms with Crippen LogP contribution in [0.4, 0.5) is 11.4 Å². The van der Waals surface area contributed by atoms with Gasteiger partial charge in [0, 0.05) is 55.7 Å². The number of anilines is 2. The Hall–Kier alpha value is -2.89. The average Bonchev–Trinajstić information content (AvgIpc) is 2.78. The minimum absolute atomic E-state index is 0.139. The molecule has 2 aromatic rings. The van der Waals surface area contributed by atoms with Crippen molar-refractivity contribution in [3.63, 3.8) is 0 Å². The lowest BCUT2D eigenvalue weighted by Crippen LogP contribution is -2.45. The van der Waals surface area contributed by atoms with E-state index in [0.29, 0.717) is 19.8 Å². The highest BCUT2D eigenvalue weighted by atomic mass is 16.6. The van der Waals surface area contributed by atoms with Crippen LogP contribution in [0.25, 0.3) is 0 Å². The molecule has 5 rings (SSSR count). The van der Waals surface area contributed by atoms with Crippen LogP contribution >= 0.6 is 0 Å². The molecule has 0 unspecified atom stereocenters. The molecule has 0 saturated carbocycles. The fourth-order valence-corrected chi connectivity index (χ4v) is 4.75. The zero-order valence-corrected chi connectivity index (χ0v) is 17.5. The van der Waals surface area contributed by atoms with E-state index in [0.717, 1.165) is 61.5 Å². The highest BCUT2D eigenvalue weighted by molar-refractivity contribution is 5.95. The molecule has 1 fully saturated rings. The number of carbonyl (C=O) groups is 1. The lowest BCUT2D eigenvalue weighted by Gasteiger charge is -2.34. The van der Waals surface area contributed by atoms with Crippen molar-refractivity contribution in [3.8, 4) is 11.5 Å². The minimum atomic E-state index is 0.139. The molecule has 0 bridgehead atoms. The summed E-state index contributed by atoms with van der Waals surface area (Å²) in [4.78, 5) is 17.5. The zero-order valence-electron chi connectivity index (χ0n) is 17.5. The Kier molecular flexibility index (Phi) is 5.15. The van der Waals surface area contributed by atoms with Gasteiger partial charge in [-0.2, -0.15) is 0 Å². The van der Waals surface area contributed by atoms with Crippen LogP contribution in [0.1, 0.15) is 35.2 Å². The third-order valence-electron chi connectivity index (χ3n) is 6.30. The Morgan fingerprint density at radius 1 is 1.03 bits per heavy atom. The van der Waals surface area contributed by atoms with Crippen LogP contribution in [0, 0.1) is 0 Å². The number of fused-ring (bicyclic) bond motifs is 2. The second kappa shape index (κ2) is 8.09. The molecule has 3 heterocycles. The third kappa shape index (κ3) is 3.78. The van der Waals surface area contributed by atoms with Gasteiger partial charge in [-0.3, -0.25) is 4.79 Å². The largest absolute Gasteiger partial charge is 0.486 e. The lowest BCUT2D eigenvalue weighted by molar-refractivity contribution is 0.0714. The molecular weight excluding hydrogens is 378 g/mol. The van der Waals surface area contributed by atoms with Crippen molar-refractivity contribution in [1.82, 2.24) is 4.90 Å². The van der Waals surface area contributed by atoms with Crippen LogP contribution in [-0.4, -0.2) is 56.7 Å². The Morgan fingerprint density at radius 3 is 2.80 bits per heavy atom. The van der Waals surface area contributed by atoms with E-state index >= 15 is 0 Å². The fourth-order valence-electron chi connectivity index (χ4n) is 4.75. The molecule has 0 aliphatic carbocycles. The van der Waals surface area contributed by atoms with Gasteiger partial charge in [0.15, 0.2) is 11.5 Å². The van der Waals surface area contributed by atoms with E-state index in [-0.39, 0.29) is 11.9 Å². The highest BCUT2D eigenvalue weighted by Gasteiger charge is 2.26. The summed E-state index contributed by atoms with van der Waals surface area (Å²) in [6.45, 7) is 3.79. The Balaban J connectivity index is 1.27. The molecule has 3 aliphatic rings. The second-order valence-electron chi connectivity index (χ2n) is 8.46. The summed E-state index contributed by atoms with van der Waals surface area (Å²) in [7, 11) is 2.12. The molecule has 0 aromatic heterocycles. The fraction of sp³-hybridized carbons (Fsp3) is 0.458. The van der Waals surface area contributed by atoms with E-state index < -0.39 is 0 Å². The molecule has 6 nitrogen and oxygen atoms in total. The van der Waals surface area contributed by atoms with Gasteiger partial charge in [-0.1, -0.05) is 0 Å². The SMILES string of the molecule is CN1CCCc2cc(C(=O)N3CCC[C@@H](Nc4ccc5c(c4)OCCO5)C3)ccc21. The maximum Gasteiger partial charge on any atom is 0.253 e. The number of amides is 1. The number of rotatable bonds is 3. The molecule has 158 valence electrons. The number of ether oxygens (including phenoxy) is 2. The predicted octanol–water partition coefficient (Wildman–Crippen LogP) is 3.56. The van der Waals surface area contributed by atoms with Gasteiger partial charge >= 0.3 is 0 Å². The van der Waals surface area contributed by atoms with Gasteiger partial charge in [-0.25, -0.2) is 0 Å². The first-order valence-electron chi connectivity index (χ1n) is 11.0. The topological polar surface area (TPSA) is 54.0 Å². The van der Waals surface area contributed by atoms with Crippen LogP contribution in [0.5, 0.6) is 11.5 Å². The Labute approximate surface area is 177 Å². The van der Waals surface area contributed by atoms with Crippen molar-refractivity contribution >= 4 is 17.3 Å². The lowest BCUT2D eigenvalue weighted by atomic mass is 9.98. The van der Waals surface area contributed by atoms with E-state index in [1.807, 2.05) is 29.2 Å². The number of nitrogens with one attached hydrogen (secondary N) is 1. The molecule has 1 amide bonds. The summed E-state index contributed by atoms with van der Waals surface area (Å²) in [6.07, 6.45) is 4.25. The first kappa shape index (κ1) is 19.1. The van der Waals surface area contributed by atoms with E-state index in [1.165, 1.54) is 11.3 Å². The van der Waals surface area contributed by atoms with Crippen LogP contribution in [-0.2, 0) is 6.42 Å². The molecule has 1 saturated heterocycles. The first-order valence-corrected chi connectivity index (χ1v) is 11.0. The maximum absolute atomic E-state index is 13.2. The van der Waals surface area contributed by atoms with Crippen LogP contribution in [0.3, 0.4) is 0 Å². The van der Waals surface area contributed by atoms with Gasteiger partial charge in [-0.05, 0) is 61.6 Å². The van der Waals surface area contributed by atoms with Crippen molar-refractivity contribution in [2.24, 2.45) is 0 Å². The molecule has 0 radical (unpaired) electrons. The van der Waals surface area contributed by atoms with E-state index in [4.69, 9.17) is 9.47 Å². The van der Waals surface area contributed by atoms with E-state index in [1.54, 1.807) is 0 Å². The van der Waals surface area contributed by atoms with Crippen molar-refractivity contribution in [1.29, 1.82) is 0 Å². The molecule has 30 heavy (non-hydrogen) atoms. The number of piperidine rings is 1. The minimum Gasteiger partial charge on any atom is -0.486 e. The first-order chi connectivity index (χ1) is 14.7. The molecule has 0 spiro atoms. The third-order valence-corrected chi connectivity index (χ3v) is 6.30. The van der Waals surface area contributed by atoms with Crippen LogP contribution in [0.2, 0.25) is 0 Å². The summed E-state index contributed by atoms with van der Waals surface area (Å²) in [5, 5.41) is 3.59. The van der Waals surface area contributed by atoms with Crippen molar-refractivity contribution in [2.75, 3.05) is 50.1 Å². The number of likely N-dealkylation sites (tertiary alicyclic amines) is 1. The standard InChI is InChI=1S/C24H29N3O3/c1-26-10-2-4-17-14-18(6-8-21(17)26)24(28)27-11-3-5-20(16-27)25-19-7-9-22-23(15-19)30-13-12-29-22/h6-9,14-15,20,25H,2-5,10-13,16H2,1H3/t20-/m1/s1. The number of benzene rings is 2. The monoisotopic (exact) mass is 407 g/mol. The second-order valence-corrected chi connectivity index (χ2v) is 8.46. The van der Waals surface area contributed by atoms with E-state index in [9.17, 15) is 4.79 Å². The molecule has 1 atom stereocenters. The smallest absolute Gasteiger partial charge is 0.253 e. The normalized spacial score (nSPS) is 20.5. The summed E-state index contributed by atoms with van der Waals surface area (Å²) < 4.78 is 11.3. The summed E-state index contributed by atoms with van der Waals surface area (Å²) in [5.41, 5.74) is 4.37. The van der Waals surface area contributed by atoms with Gasteiger partial charge in [0.1, 0.15) is 13.2 Å². The number of nitrogens with zero attached hydrogens (tertiary/aromatic N) is 2. The summed E-state index contributed by atoms with van der Waals surface area (Å²) in [6, 6.07) is 12.4. The van der Waals surface area contributed by atoms with Gasteiger partial charge in [-0.15, -0.1) is 0 Å². The Morgan fingerprint density at radius 2 is 1.90 bits per heavy atom. The number of carbonyl (C=O) groups excluding carboxylic acids is 1. The van der Waals surface area contributed by atoms with Crippen LogP contribution in [0.15, 0.2) is 36.4 Å². The molecule has 6 heteroatoms. The molecule has 2 aromatic carbocycles. The van der Waals surface area contributed by atoms with Crippen molar-refractivity contribution in [2.45, 2.75) is 31.7 Å². The zero-order chi connectivity index (χ0) is 20.5. The summed E-state index contributed by atoms with van der Waals surface area (Å²) >= 11 is 0. The number of hydrogen-bond donors (Lipinski definition) is 1. The average molecular weight is 408 g/mol. The van der Waals surface area contributed by atoms with Gasteiger partial charge in [0.05, 0.1) is 0 Å². The molecule has 1 N–H and O–H groups in total. The van der Waals surface area contributed by atoms with Gasteiger partial charge in [0.2, 0.25) is 0 Å². The molecular formula is C24H29N3O3. The Bertz CT molecular complexity index is 945. The van der Waals surface area contributed by atoms with Gasteiger partial charge in [0.25, 0.3) is 5.91 Å². The number of aryl methyl sites for hydroxylation is 1. The highest BCUT2D eigenvalue weighted by Crippen LogP contribution is 2.33. The quantitative estimate of drug-likeness (QED) is 0.843. The van der Waals surface area contributed by atoms with Crippen molar-refractivity contribution in [3.05, 3.63) is 47.5 Å². The summed E-state index contributed by atoms with van der Waals surface area (Å²) in [5.74, 6) is 1.72. The van der Waals surface area contributed by atoms with E-state index in [2.05, 4.69) is 29.4 Å². The predicted molar refractivity (Wildman–Crippen MR) is 118 cm³/mol. The maximum atomic E-state index is 13.2. The van der Waals surface area contributed by atoms with Crippen molar-refractivity contribution < 1.29 is 14.3 Å². The van der Waals surface area contributed by atoms with Crippen LogP contribution < -0.4 is 19.7 Å².